The Bertz CT molecular complexity index is 1120. The van der Waals surface area contributed by atoms with Crippen LogP contribution in [-0.2, 0) is 12.8 Å². The summed E-state index contributed by atoms with van der Waals surface area (Å²) in [4.78, 5) is 7.09. The van der Waals surface area contributed by atoms with E-state index in [1.165, 1.54) is 10.4 Å². The van der Waals surface area contributed by atoms with Crippen LogP contribution in [-0.4, -0.2) is 6.21 Å². The van der Waals surface area contributed by atoms with Crippen LogP contribution in [0.5, 0.6) is 0 Å². The van der Waals surface area contributed by atoms with Gasteiger partial charge < -0.3 is 4.42 Å². The Morgan fingerprint density at radius 3 is 2.77 bits per heavy atom. The number of hydrogen-bond acceptors (Lipinski definition) is 5. The lowest BCUT2D eigenvalue weighted by Gasteiger charge is -2.33. The van der Waals surface area contributed by atoms with Crippen LogP contribution in [0.4, 0.5) is 5.00 Å². The standard InChI is InChI=1S/C24H23BrN2OS2/c1-24(2,3)15-9-10-18-19(13-26)22(30-21(18)11-15)27-14-16-12-20(25)23(28-16)29-17-7-5-4-6-8-17/h4-8,12,14-15H,9-11H2,1-3H3/t15-/m1/s1. The molecule has 0 aliphatic heterocycles. The number of benzene rings is 1. The Balaban J connectivity index is 1.56. The average Bonchev–Trinajstić information content (AvgIpc) is 3.25. The number of thiophene rings is 1. The Morgan fingerprint density at radius 2 is 2.07 bits per heavy atom. The fourth-order valence-electron chi connectivity index (χ4n) is 3.74. The Kier molecular flexibility index (Phi) is 6.24. The van der Waals surface area contributed by atoms with Gasteiger partial charge >= 0.3 is 0 Å². The van der Waals surface area contributed by atoms with Gasteiger partial charge in [0.15, 0.2) is 5.09 Å². The zero-order valence-corrected chi connectivity index (χ0v) is 20.5. The molecule has 1 aliphatic rings. The van der Waals surface area contributed by atoms with E-state index >= 15 is 0 Å². The highest BCUT2D eigenvalue weighted by Crippen LogP contribution is 2.45. The van der Waals surface area contributed by atoms with Gasteiger partial charge in [-0.2, -0.15) is 5.26 Å². The van der Waals surface area contributed by atoms with Crippen LogP contribution in [0.15, 0.2) is 60.3 Å². The summed E-state index contributed by atoms with van der Waals surface area (Å²) in [5.74, 6) is 1.31. The molecule has 30 heavy (non-hydrogen) atoms. The maximum absolute atomic E-state index is 9.75. The molecule has 1 atom stereocenters. The second-order valence-electron chi connectivity index (χ2n) is 8.56. The molecule has 4 rings (SSSR count). The van der Waals surface area contributed by atoms with Gasteiger partial charge in [0.05, 0.1) is 16.3 Å². The van der Waals surface area contributed by atoms with Crippen LogP contribution in [0, 0.1) is 22.7 Å². The van der Waals surface area contributed by atoms with Crippen molar-refractivity contribution in [2.24, 2.45) is 16.3 Å². The highest BCUT2D eigenvalue weighted by molar-refractivity contribution is 9.10. The number of aliphatic imine (C=N–C) groups is 1. The third-order valence-electron chi connectivity index (χ3n) is 5.52. The number of nitriles is 1. The molecule has 0 saturated carbocycles. The summed E-state index contributed by atoms with van der Waals surface area (Å²) >= 11 is 6.80. The molecule has 0 saturated heterocycles. The summed E-state index contributed by atoms with van der Waals surface area (Å²) in [6.45, 7) is 6.92. The first-order valence-corrected chi connectivity index (χ1v) is 12.4. The van der Waals surface area contributed by atoms with Gasteiger partial charge in [0, 0.05) is 15.8 Å². The predicted molar refractivity (Wildman–Crippen MR) is 128 cm³/mol. The molecule has 3 aromatic rings. The quantitative estimate of drug-likeness (QED) is 0.342. The third-order valence-corrected chi connectivity index (χ3v) is 8.53. The Hall–Kier alpha value is -1.81. The van der Waals surface area contributed by atoms with Crippen LogP contribution in [0.1, 0.15) is 49.0 Å². The van der Waals surface area contributed by atoms with Crippen LogP contribution in [0.2, 0.25) is 0 Å². The topological polar surface area (TPSA) is 49.3 Å². The summed E-state index contributed by atoms with van der Waals surface area (Å²) in [6, 6.07) is 14.4. The molecular formula is C24H23BrN2OS2. The molecule has 2 heterocycles. The number of furan rings is 1. The number of halogens is 1. The van der Waals surface area contributed by atoms with Crippen molar-refractivity contribution >= 4 is 50.2 Å². The number of fused-ring (bicyclic) bond motifs is 1. The second kappa shape index (κ2) is 8.74. The van der Waals surface area contributed by atoms with Crippen molar-refractivity contribution in [2.45, 2.75) is 50.0 Å². The maximum Gasteiger partial charge on any atom is 0.179 e. The van der Waals surface area contributed by atoms with Crippen LogP contribution in [0.3, 0.4) is 0 Å². The van der Waals surface area contributed by atoms with Gasteiger partial charge in [-0.1, -0.05) is 50.7 Å². The normalized spacial score (nSPS) is 16.6. The molecule has 0 bridgehead atoms. The van der Waals surface area contributed by atoms with Gasteiger partial charge in [-0.3, -0.25) is 0 Å². The van der Waals surface area contributed by atoms with Gasteiger partial charge in [0.2, 0.25) is 0 Å². The Labute approximate surface area is 194 Å². The molecule has 1 aromatic carbocycles. The lowest BCUT2D eigenvalue weighted by Crippen LogP contribution is -2.26. The summed E-state index contributed by atoms with van der Waals surface area (Å²) in [5, 5.41) is 11.3. The van der Waals surface area contributed by atoms with Crippen LogP contribution >= 0.6 is 39.0 Å². The second-order valence-corrected chi connectivity index (χ2v) is 11.5. The summed E-state index contributed by atoms with van der Waals surface area (Å²) < 4.78 is 6.87. The van der Waals surface area contributed by atoms with Crippen LogP contribution < -0.4 is 0 Å². The molecule has 0 amide bonds. The first-order chi connectivity index (χ1) is 14.3. The van der Waals surface area contributed by atoms with Crippen molar-refractivity contribution in [3.05, 3.63) is 62.6 Å². The molecule has 0 N–H and O–H groups in total. The number of hydrogen-bond donors (Lipinski definition) is 0. The summed E-state index contributed by atoms with van der Waals surface area (Å²) in [6.07, 6.45) is 4.86. The zero-order valence-electron chi connectivity index (χ0n) is 17.2. The van der Waals surface area contributed by atoms with Crippen LogP contribution in [0.25, 0.3) is 0 Å². The van der Waals surface area contributed by atoms with E-state index in [-0.39, 0.29) is 5.41 Å². The van der Waals surface area contributed by atoms with E-state index < -0.39 is 0 Å². The van der Waals surface area contributed by atoms with E-state index in [0.717, 1.165) is 44.3 Å². The minimum atomic E-state index is 0.283. The Morgan fingerprint density at radius 1 is 1.30 bits per heavy atom. The number of nitrogens with zero attached hydrogens (tertiary/aromatic N) is 2. The lowest BCUT2D eigenvalue weighted by atomic mass is 9.72. The number of rotatable bonds is 4. The van der Waals surface area contributed by atoms with Gasteiger partial charge in [-0.25, -0.2) is 4.99 Å². The molecule has 0 unspecified atom stereocenters. The highest BCUT2D eigenvalue weighted by Gasteiger charge is 2.32. The molecule has 0 spiro atoms. The van der Waals surface area contributed by atoms with E-state index in [0.29, 0.717) is 11.7 Å². The van der Waals surface area contributed by atoms with Crippen molar-refractivity contribution in [2.75, 3.05) is 0 Å². The van der Waals surface area contributed by atoms with Gasteiger partial charge in [0.1, 0.15) is 16.8 Å². The van der Waals surface area contributed by atoms with E-state index in [1.54, 1.807) is 29.3 Å². The summed E-state index contributed by atoms with van der Waals surface area (Å²) in [5.41, 5.74) is 2.23. The van der Waals surface area contributed by atoms with E-state index in [9.17, 15) is 5.26 Å². The molecule has 154 valence electrons. The SMILES string of the molecule is CC(C)(C)[C@@H]1CCc2c(sc(N=Cc3cc(Br)c(Sc4ccccc4)o3)c2C#N)C1. The molecule has 3 nitrogen and oxygen atoms in total. The van der Waals surface area contributed by atoms with Crippen molar-refractivity contribution in [1.29, 1.82) is 5.26 Å². The van der Waals surface area contributed by atoms with Gasteiger partial charge in [0.25, 0.3) is 0 Å². The first kappa shape index (κ1) is 21.4. The lowest BCUT2D eigenvalue weighted by molar-refractivity contribution is 0.218. The van der Waals surface area contributed by atoms with Crippen molar-refractivity contribution in [3.63, 3.8) is 0 Å². The third kappa shape index (κ3) is 4.59. The molecule has 6 heteroatoms. The van der Waals surface area contributed by atoms with Gasteiger partial charge in [-0.15, -0.1) is 11.3 Å². The fraction of sp³-hybridized carbons (Fsp3) is 0.333. The summed E-state index contributed by atoms with van der Waals surface area (Å²) in [7, 11) is 0. The van der Waals surface area contributed by atoms with E-state index in [1.807, 2.05) is 36.4 Å². The monoisotopic (exact) mass is 498 g/mol. The van der Waals surface area contributed by atoms with Crippen molar-refractivity contribution in [1.82, 2.24) is 0 Å². The minimum Gasteiger partial charge on any atom is -0.447 e. The fourth-order valence-corrected chi connectivity index (χ4v) is 6.31. The molecule has 0 radical (unpaired) electrons. The van der Waals surface area contributed by atoms with E-state index in [4.69, 9.17) is 4.42 Å². The first-order valence-electron chi connectivity index (χ1n) is 9.96. The van der Waals surface area contributed by atoms with Gasteiger partial charge in [-0.05, 0) is 64.2 Å². The highest BCUT2D eigenvalue weighted by atomic mass is 79.9. The smallest absolute Gasteiger partial charge is 0.179 e. The van der Waals surface area contributed by atoms with E-state index in [2.05, 4.69) is 47.8 Å². The van der Waals surface area contributed by atoms with Crippen molar-refractivity contribution in [3.8, 4) is 6.07 Å². The van der Waals surface area contributed by atoms with Crippen molar-refractivity contribution < 1.29 is 4.42 Å². The molecule has 1 aliphatic carbocycles. The molecule has 0 fully saturated rings. The minimum absolute atomic E-state index is 0.283. The largest absolute Gasteiger partial charge is 0.447 e. The maximum atomic E-state index is 9.75. The zero-order chi connectivity index (χ0) is 21.3. The molecular weight excluding hydrogens is 476 g/mol. The average molecular weight is 499 g/mol. The predicted octanol–water partition coefficient (Wildman–Crippen LogP) is 8.03. The molecule has 2 aromatic heterocycles.